The van der Waals surface area contributed by atoms with Crippen LogP contribution in [-0.4, -0.2) is 19.4 Å². The molecule has 0 unspecified atom stereocenters. The first-order valence-electron chi connectivity index (χ1n) is 4.73. The van der Waals surface area contributed by atoms with Gasteiger partial charge in [0.25, 0.3) is 0 Å². The molecule has 0 aliphatic carbocycles. The molecule has 0 spiro atoms. The Labute approximate surface area is 101 Å². The van der Waals surface area contributed by atoms with Gasteiger partial charge in [0.05, 0.1) is 7.11 Å². The molecule has 1 aromatic rings. The van der Waals surface area contributed by atoms with Gasteiger partial charge in [0, 0.05) is 17.8 Å². The SMILES string of the molecule is COC(=O)C=Cc1ccc(OC(F)(F)F)cc1N. The van der Waals surface area contributed by atoms with Crippen LogP contribution in [0.15, 0.2) is 24.3 Å². The van der Waals surface area contributed by atoms with E-state index in [4.69, 9.17) is 5.73 Å². The van der Waals surface area contributed by atoms with Gasteiger partial charge < -0.3 is 15.2 Å². The van der Waals surface area contributed by atoms with E-state index in [1.54, 1.807) is 0 Å². The number of nitrogen functional groups attached to an aromatic ring is 1. The summed E-state index contributed by atoms with van der Waals surface area (Å²) in [6.45, 7) is 0. The van der Waals surface area contributed by atoms with E-state index < -0.39 is 18.1 Å². The van der Waals surface area contributed by atoms with Gasteiger partial charge in [-0.25, -0.2) is 4.79 Å². The Balaban J connectivity index is 2.86. The van der Waals surface area contributed by atoms with Crippen molar-refractivity contribution in [3.05, 3.63) is 29.8 Å². The second-order valence-electron chi connectivity index (χ2n) is 3.20. The Morgan fingerprint density at radius 1 is 1.39 bits per heavy atom. The molecular weight excluding hydrogens is 251 g/mol. The number of hydrogen-bond acceptors (Lipinski definition) is 4. The minimum Gasteiger partial charge on any atom is -0.466 e. The van der Waals surface area contributed by atoms with Gasteiger partial charge in [0.2, 0.25) is 0 Å². The van der Waals surface area contributed by atoms with Crippen molar-refractivity contribution >= 4 is 17.7 Å². The van der Waals surface area contributed by atoms with Gasteiger partial charge in [-0.15, -0.1) is 13.2 Å². The van der Waals surface area contributed by atoms with Crippen molar-refractivity contribution in [2.75, 3.05) is 12.8 Å². The van der Waals surface area contributed by atoms with Crippen LogP contribution in [0.25, 0.3) is 6.08 Å². The molecule has 0 fully saturated rings. The molecule has 0 bridgehead atoms. The fraction of sp³-hybridized carbons (Fsp3) is 0.182. The number of esters is 1. The third-order valence-electron chi connectivity index (χ3n) is 1.89. The number of alkyl halides is 3. The topological polar surface area (TPSA) is 61.5 Å². The summed E-state index contributed by atoms with van der Waals surface area (Å²) in [5, 5.41) is 0. The van der Waals surface area contributed by atoms with E-state index in [1.807, 2.05) is 0 Å². The van der Waals surface area contributed by atoms with Crippen LogP contribution >= 0.6 is 0 Å². The van der Waals surface area contributed by atoms with E-state index in [2.05, 4.69) is 9.47 Å². The molecule has 0 aromatic heterocycles. The Hall–Kier alpha value is -2.18. The second-order valence-corrected chi connectivity index (χ2v) is 3.20. The number of ether oxygens (including phenoxy) is 2. The fourth-order valence-corrected chi connectivity index (χ4v) is 1.13. The average molecular weight is 261 g/mol. The molecule has 0 saturated heterocycles. The molecule has 0 saturated carbocycles. The highest BCUT2D eigenvalue weighted by molar-refractivity contribution is 5.88. The summed E-state index contributed by atoms with van der Waals surface area (Å²) in [7, 11) is 1.20. The molecule has 4 nitrogen and oxygen atoms in total. The zero-order chi connectivity index (χ0) is 13.8. The number of carbonyl (C=O) groups excluding carboxylic acids is 1. The molecule has 0 aliphatic heterocycles. The molecule has 7 heteroatoms. The van der Waals surface area contributed by atoms with Crippen LogP contribution in [0.1, 0.15) is 5.56 Å². The second kappa shape index (κ2) is 5.44. The van der Waals surface area contributed by atoms with Crippen molar-refractivity contribution < 1.29 is 27.4 Å². The lowest BCUT2D eigenvalue weighted by Crippen LogP contribution is -2.17. The largest absolute Gasteiger partial charge is 0.573 e. The standard InChI is InChI=1S/C11H10F3NO3/c1-17-10(16)5-3-7-2-4-8(6-9(7)15)18-11(12,13)14/h2-6H,15H2,1H3. The quantitative estimate of drug-likeness (QED) is 0.515. The normalized spacial score (nSPS) is 11.6. The summed E-state index contributed by atoms with van der Waals surface area (Å²) in [5.41, 5.74) is 5.95. The van der Waals surface area contributed by atoms with Gasteiger partial charge in [-0.1, -0.05) is 0 Å². The van der Waals surface area contributed by atoms with Crippen LogP contribution in [0.4, 0.5) is 18.9 Å². The maximum atomic E-state index is 11.9. The number of hydrogen-bond donors (Lipinski definition) is 1. The zero-order valence-corrected chi connectivity index (χ0v) is 9.32. The Bertz CT molecular complexity index is 469. The summed E-state index contributed by atoms with van der Waals surface area (Å²) < 4.78 is 43.9. The van der Waals surface area contributed by atoms with Crippen LogP contribution in [0.5, 0.6) is 5.75 Å². The molecule has 2 N–H and O–H groups in total. The van der Waals surface area contributed by atoms with Gasteiger partial charge in [-0.2, -0.15) is 0 Å². The van der Waals surface area contributed by atoms with E-state index in [1.165, 1.54) is 19.3 Å². The molecular formula is C11H10F3NO3. The van der Waals surface area contributed by atoms with Crippen LogP contribution in [0.3, 0.4) is 0 Å². The lowest BCUT2D eigenvalue weighted by atomic mass is 10.1. The van der Waals surface area contributed by atoms with Gasteiger partial charge in [0.1, 0.15) is 5.75 Å². The molecule has 0 amide bonds. The molecule has 1 rings (SSSR count). The monoisotopic (exact) mass is 261 g/mol. The van der Waals surface area contributed by atoms with Gasteiger partial charge in [-0.05, 0) is 23.8 Å². The summed E-state index contributed by atoms with van der Waals surface area (Å²) in [6.07, 6.45) is -2.33. The molecule has 0 atom stereocenters. The highest BCUT2D eigenvalue weighted by atomic mass is 19.4. The fourth-order valence-electron chi connectivity index (χ4n) is 1.13. The predicted octanol–water partition coefficient (Wildman–Crippen LogP) is 2.35. The minimum atomic E-state index is -4.77. The number of benzene rings is 1. The van der Waals surface area contributed by atoms with E-state index in [-0.39, 0.29) is 5.69 Å². The number of methoxy groups -OCH3 is 1. The highest BCUT2D eigenvalue weighted by Crippen LogP contribution is 2.26. The maximum Gasteiger partial charge on any atom is 0.573 e. The molecule has 18 heavy (non-hydrogen) atoms. The van der Waals surface area contributed by atoms with Crippen molar-refractivity contribution in [3.63, 3.8) is 0 Å². The molecule has 98 valence electrons. The van der Waals surface area contributed by atoms with Gasteiger partial charge in [-0.3, -0.25) is 0 Å². The van der Waals surface area contributed by atoms with Crippen molar-refractivity contribution in [3.8, 4) is 5.75 Å². The number of carbonyl (C=O) groups is 1. The Morgan fingerprint density at radius 2 is 2.06 bits per heavy atom. The molecule has 0 radical (unpaired) electrons. The first-order chi connectivity index (χ1) is 8.31. The zero-order valence-electron chi connectivity index (χ0n) is 9.32. The minimum absolute atomic E-state index is 0.0527. The van der Waals surface area contributed by atoms with Crippen molar-refractivity contribution in [2.24, 2.45) is 0 Å². The van der Waals surface area contributed by atoms with E-state index in [0.29, 0.717) is 5.56 Å². The lowest BCUT2D eigenvalue weighted by molar-refractivity contribution is -0.274. The smallest absolute Gasteiger partial charge is 0.466 e. The average Bonchev–Trinajstić information content (AvgIpc) is 2.25. The first-order valence-corrected chi connectivity index (χ1v) is 4.73. The van der Waals surface area contributed by atoms with Crippen LogP contribution in [-0.2, 0) is 9.53 Å². The number of anilines is 1. The van der Waals surface area contributed by atoms with Gasteiger partial charge in [0.15, 0.2) is 0 Å². The lowest BCUT2D eigenvalue weighted by Gasteiger charge is -2.10. The van der Waals surface area contributed by atoms with Crippen LogP contribution in [0.2, 0.25) is 0 Å². The van der Waals surface area contributed by atoms with Crippen molar-refractivity contribution in [1.82, 2.24) is 0 Å². The Morgan fingerprint density at radius 3 is 2.56 bits per heavy atom. The predicted molar refractivity (Wildman–Crippen MR) is 58.6 cm³/mol. The van der Waals surface area contributed by atoms with E-state index >= 15 is 0 Å². The van der Waals surface area contributed by atoms with E-state index in [0.717, 1.165) is 18.2 Å². The molecule has 0 heterocycles. The maximum absolute atomic E-state index is 11.9. The van der Waals surface area contributed by atoms with E-state index in [9.17, 15) is 18.0 Å². The van der Waals surface area contributed by atoms with Crippen LogP contribution in [0, 0.1) is 0 Å². The summed E-state index contributed by atoms with van der Waals surface area (Å²) in [5.74, 6) is -1.01. The third kappa shape index (κ3) is 4.36. The van der Waals surface area contributed by atoms with Crippen molar-refractivity contribution in [2.45, 2.75) is 6.36 Å². The number of nitrogens with two attached hydrogens (primary N) is 1. The summed E-state index contributed by atoms with van der Waals surface area (Å²) in [6, 6.07) is 3.42. The first kappa shape index (κ1) is 13.9. The summed E-state index contributed by atoms with van der Waals surface area (Å²) in [4.78, 5) is 10.8. The highest BCUT2D eigenvalue weighted by Gasteiger charge is 2.31. The molecule has 0 aliphatic rings. The Kier molecular flexibility index (Phi) is 4.19. The number of halogens is 3. The van der Waals surface area contributed by atoms with Crippen LogP contribution < -0.4 is 10.5 Å². The van der Waals surface area contributed by atoms with Crippen molar-refractivity contribution in [1.29, 1.82) is 0 Å². The molecule has 1 aromatic carbocycles. The third-order valence-corrected chi connectivity index (χ3v) is 1.89. The van der Waals surface area contributed by atoms with Gasteiger partial charge >= 0.3 is 12.3 Å². The summed E-state index contributed by atoms with van der Waals surface area (Å²) >= 11 is 0. The number of rotatable bonds is 3.